The Morgan fingerprint density at radius 1 is 1.03 bits per heavy atom. The lowest BCUT2D eigenvalue weighted by Gasteiger charge is -2.35. The number of rotatable bonds is 6. The highest BCUT2D eigenvalue weighted by molar-refractivity contribution is 6.30. The maximum atomic E-state index is 12.8. The molecule has 1 saturated heterocycles. The number of amides is 1. The van der Waals surface area contributed by atoms with Gasteiger partial charge in [0.25, 0.3) is 0 Å². The Bertz CT molecular complexity index is 1060. The summed E-state index contributed by atoms with van der Waals surface area (Å²) in [6, 6.07) is 13.3. The first kappa shape index (κ1) is 23.8. The summed E-state index contributed by atoms with van der Waals surface area (Å²) < 4.78 is 12.6. The first-order valence-corrected chi connectivity index (χ1v) is 10.5. The largest absolute Gasteiger partial charge is 0.493 e. The number of hydrogen-bond donors (Lipinski definition) is 0. The maximum absolute atomic E-state index is 12.8. The van der Waals surface area contributed by atoms with E-state index < -0.39 is 0 Å². The molecule has 32 heavy (non-hydrogen) atoms. The van der Waals surface area contributed by atoms with Crippen LogP contribution in [0.25, 0.3) is 5.69 Å². The SMILES string of the molecule is COc1ccc(CC(=O)N2CCN(c3nccn3-c3cccc(Cl)c3)CC2)cc1OC.Cl. The Labute approximate surface area is 198 Å². The Hall–Kier alpha value is -2.90. The zero-order chi connectivity index (χ0) is 21.8. The van der Waals surface area contributed by atoms with Gasteiger partial charge in [-0.2, -0.15) is 0 Å². The molecule has 1 amide bonds. The molecule has 1 aliphatic heterocycles. The Morgan fingerprint density at radius 2 is 1.78 bits per heavy atom. The predicted octanol–water partition coefficient (Wildman–Crippen LogP) is 3.86. The smallest absolute Gasteiger partial charge is 0.227 e. The van der Waals surface area contributed by atoms with E-state index in [1.54, 1.807) is 20.4 Å². The van der Waals surface area contributed by atoms with E-state index in [0.717, 1.165) is 30.3 Å². The highest BCUT2D eigenvalue weighted by atomic mass is 35.5. The van der Waals surface area contributed by atoms with Gasteiger partial charge >= 0.3 is 0 Å². The van der Waals surface area contributed by atoms with Crippen LogP contribution >= 0.6 is 24.0 Å². The number of ether oxygens (including phenoxy) is 2. The minimum atomic E-state index is 0. The van der Waals surface area contributed by atoms with Crippen LogP contribution in [0.5, 0.6) is 11.5 Å². The van der Waals surface area contributed by atoms with E-state index in [9.17, 15) is 4.79 Å². The van der Waals surface area contributed by atoms with Crippen molar-refractivity contribution in [2.75, 3.05) is 45.3 Å². The number of aromatic nitrogens is 2. The van der Waals surface area contributed by atoms with Gasteiger partial charge in [-0.15, -0.1) is 12.4 Å². The molecule has 170 valence electrons. The molecule has 0 unspecified atom stereocenters. The lowest BCUT2D eigenvalue weighted by molar-refractivity contribution is -0.130. The van der Waals surface area contributed by atoms with Gasteiger partial charge in [0.05, 0.1) is 20.6 Å². The van der Waals surface area contributed by atoms with Crippen molar-refractivity contribution in [1.29, 1.82) is 0 Å². The van der Waals surface area contributed by atoms with Gasteiger partial charge in [-0.25, -0.2) is 4.98 Å². The molecule has 9 heteroatoms. The summed E-state index contributed by atoms with van der Waals surface area (Å²) in [5.74, 6) is 2.24. The number of piperazine rings is 1. The molecule has 2 heterocycles. The first-order chi connectivity index (χ1) is 15.1. The molecule has 0 aliphatic carbocycles. The van der Waals surface area contributed by atoms with Gasteiger partial charge in [-0.3, -0.25) is 9.36 Å². The van der Waals surface area contributed by atoms with Crippen molar-refractivity contribution >= 4 is 35.9 Å². The summed E-state index contributed by atoms with van der Waals surface area (Å²) in [6.07, 6.45) is 4.04. The summed E-state index contributed by atoms with van der Waals surface area (Å²) in [7, 11) is 3.19. The number of carbonyl (C=O) groups excluding carboxylic acids is 1. The zero-order valence-electron chi connectivity index (χ0n) is 18.0. The topological polar surface area (TPSA) is 59.8 Å². The number of halogens is 2. The van der Waals surface area contributed by atoms with E-state index in [4.69, 9.17) is 21.1 Å². The summed E-state index contributed by atoms with van der Waals surface area (Å²) >= 11 is 6.15. The molecule has 0 spiro atoms. The van der Waals surface area contributed by atoms with Gasteiger partial charge in [0.1, 0.15) is 0 Å². The molecule has 0 atom stereocenters. The fraction of sp³-hybridized carbons (Fsp3) is 0.304. The van der Waals surface area contributed by atoms with Crippen LogP contribution in [0.3, 0.4) is 0 Å². The molecule has 0 radical (unpaired) electrons. The second-order valence-electron chi connectivity index (χ2n) is 7.31. The molecule has 0 bridgehead atoms. The third-order valence-electron chi connectivity index (χ3n) is 5.43. The van der Waals surface area contributed by atoms with E-state index in [-0.39, 0.29) is 18.3 Å². The van der Waals surface area contributed by atoms with Crippen LogP contribution in [0.15, 0.2) is 54.9 Å². The molecule has 7 nitrogen and oxygen atoms in total. The molecule has 1 aromatic heterocycles. The third-order valence-corrected chi connectivity index (χ3v) is 5.66. The van der Waals surface area contributed by atoms with Crippen LogP contribution in [0.2, 0.25) is 5.02 Å². The quantitative estimate of drug-likeness (QED) is 0.540. The second kappa shape index (κ2) is 10.6. The second-order valence-corrected chi connectivity index (χ2v) is 7.75. The Kier molecular flexibility index (Phi) is 7.88. The third kappa shape index (κ3) is 5.11. The molecule has 4 rings (SSSR count). The van der Waals surface area contributed by atoms with Gasteiger partial charge in [0.2, 0.25) is 11.9 Å². The van der Waals surface area contributed by atoms with Crippen molar-refractivity contribution in [1.82, 2.24) is 14.5 Å². The first-order valence-electron chi connectivity index (χ1n) is 10.1. The van der Waals surface area contributed by atoms with E-state index >= 15 is 0 Å². The molecule has 0 saturated carbocycles. The number of methoxy groups -OCH3 is 2. The van der Waals surface area contributed by atoms with Gasteiger partial charge < -0.3 is 19.3 Å². The molecular formula is C23H26Cl2N4O3. The number of anilines is 1. The Balaban J connectivity index is 0.00000289. The number of carbonyl (C=O) groups is 1. The van der Waals surface area contributed by atoms with Crippen LogP contribution in [0.4, 0.5) is 5.95 Å². The summed E-state index contributed by atoms with van der Waals surface area (Å²) in [4.78, 5) is 21.5. The molecule has 0 N–H and O–H groups in total. The van der Waals surface area contributed by atoms with Gasteiger partial charge in [-0.1, -0.05) is 23.7 Å². The molecule has 2 aromatic carbocycles. The predicted molar refractivity (Wildman–Crippen MR) is 128 cm³/mol. The number of benzene rings is 2. The van der Waals surface area contributed by atoms with E-state index in [1.165, 1.54) is 0 Å². The fourth-order valence-electron chi connectivity index (χ4n) is 3.79. The standard InChI is InChI=1S/C23H25ClN4O3.ClH/c1-30-20-7-6-17(14-21(20)31-2)15-22(29)26-10-12-27(13-11-26)23-25-8-9-28(23)19-5-3-4-18(24)16-19;/h3-9,14,16H,10-13,15H2,1-2H3;1H. The van der Waals surface area contributed by atoms with Gasteiger partial charge in [0, 0.05) is 49.3 Å². The highest BCUT2D eigenvalue weighted by Crippen LogP contribution is 2.28. The summed E-state index contributed by atoms with van der Waals surface area (Å²) in [5.41, 5.74) is 1.87. The van der Waals surface area contributed by atoms with Crippen molar-refractivity contribution in [2.45, 2.75) is 6.42 Å². The van der Waals surface area contributed by atoms with Crippen molar-refractivity contribution in [3.8, 4) is 17.2 Å². The summed E-state index contributed by atoms with van der Waals surface area (Å²) in [6.45, 7) is 2.73. The van der Waals surface area contributed by atoms with Crippen molar-refractivity contribution in [2.24, 2.45) is 0 Å². The number of nitrogens with zero attached hydrogens (tertiary/aromatic N) is 4. The molecule has 3 aromatic rings. The van der Waals surface area contributed by atoms with Gasteiger partial charge in [0.15, 0.2) is 11.5 Å². The van der Waals surface area contributed by atoms with E-state index in [2.05, 4.69) is 9.88 Å². The summed E-state index contributed by atoms with van der Waals surface area (Å²) in [5, 5.41) is 0.683. The lowest BCUT2D eigenvalue weighted by atomic mass is 10.1. The van der Waals surface area contributed by atoms with Gasteiger partial charge in [-0.05, 0) is 35.9 Å². The minimum absolute atomic E-state index is 0. The van der Waals surface area contributed by atoms with Crippen LogP contribution in [-0.4, -0.2) is 60.8 Å². The monoisotopic (exact) mass is 476 g/mol. The van der Waals surface area contributed by atoms with E-state index in [0.29, 0.717) is 36.0 Å². The maximum Gasteiger partial charge on any atom is 0.227 e. The normalized spacial score (nSPS) is 13.5. The molecule has 1 fully saturated rings. The van der Waals surface area contributed by atoms with Crippen molar-refractivity contribution < 1.29 is 14.3 Å². The van der Waals surface area contributed by atoms with Crippen LogP contribution < -0.4 is 14.4 Å². The molecule has 1 aliphatic rings. The average Bonchev–Trinajstić information content (AvgIpc) is 3.29. The number of hydrogen-bond acceptors (Lipinski definition) is 5. The van der Waals surface area contributed by atoms with E-state index in [1.807, 2.05) is 58.1 Å². The van der Waals surface area contributed by atoms with Crippen molar-refractivity contribution in [3.05, 3.63) is 65.4 Å². The van der Waals surface area contributed by atoms with Crippen LogP contribution in [0.1, 0.15) is 5.56 Å². The highest BCUT2D eigenvalue weighted by Gasteiger charge is 2.24. The molecular weight excluding hydrogens is 451 g/mol. The Morgan fingerprint density at radius 3 is 2.47 bits per heavy atom. The fourth-order valence-corrected chi connectivity index (χ4v) is 3.97. The average molecular weight is 477 g/mol. The zero-order valence-corrected chi connectivity index (χ0v) is 19.6. The number of imidazole rings is 1. The van der Waals surface area contributed by atoms with Crippen molar-refractivity contribution in [3.63, 3.8) is 0 Å². The van der Waals surface area contributed by atoms with Crippen LogP contribution in [-0.2, 0) is 11.2 Å². The minimum Gasteiger partial charge on any atom is -0.493 e. The lowest BCUT2D eigenvalue weighted by Crippen LogP contribution is -2.49. The van der Waals surface area contributed by atoms with Crippen LogP contribution in [0, 0.1) is 0 Å².